The van der Waals surface area contributed by atoms with Crippen molar-refractivity contribution in [3.8, 4) is 5.75 Å². The van der Waals surface area contributed by atoms with Gasteiger partial charge in [0.15, 0.2) is 5.78 Å². The largest absolute Gasteiger partial charge is 0.497 e. The van der Waals surface area contributed by atoms with Crippen LogP contribution in [-0.4, -0.2) is 12.9 Å². The number of rotatable bonds is 2. The van der Waals surface area contributed by atoms with E-state index >= 15 is 0 Å². The number of Topliss-reactive ketones (excluding diaryl/α,β-unsaturated/α-hetero) is 1. The summed E-state index contributed by atoms with van der Waals surface area (Å²) in [4.78, 5) is 11.9. The van der Waals surface area contributed by atoms with E-state index in [0.29, 0.717) is 12.3 Å². The standard InChI is InChI=1S/C13H16O2/c1-3-9-6-10-4-5-11(15-2)8-12(10)13(14)7-9/h4-5,8-9H,3,6-7H2,1-2H3. The second kappa shape index (κ2) is 4.05. The summed E-state index contributed by atoms with van der Waals surface area (Å²) in [5, 5.41) is 0. The van der Waals surface area contributed by atoms with Crippen molar-refractivity contribution in [1.29, 1.82) is 0 Å². The predicted molar refractivity (Wildman–Crippen MR) is 59.4 cm³/mol. The van der Waals surface area contributed by atoms with Crippen LogP contribution in [0.2, 0.25) is 0 Å². The molecule has 1 aromatic carbocycles. The first kappa shape index (κ1) is 10.2. The number of benzene rings is 1. The summed E-state index contributed by atoms with van der Waals surface area (Å²) in [5.74, 6) is 1.57. The van der Waals surface area contributed by atoms with Gasteiger partial charge in [-0.15, -0.1) is 0 Å². The Kier molecular flexibility index (Phi) is 2.76. The Morgan fingerprint density at radius 2 is 2.20 bits per heavy atom. The van der Waals surface area contributed by atoms with Crippen LogP contribution < -0.4 is 4.74 Å². The third-order valence-electron chi connectivity index (χ3n) is 3.18. The van der Waals surface area contributed by atoms with Crippen molar-refractivity contribution in [3.05, 3.63) is 29.3 Å². The quantitative estimate of drug-likeness (QED) is 0.740. The molecule has 1 atom stereocenters. The third kappa shape index (κ3) is 1.89. The summed E-state index contributed by atoms with van der Waals surface area (Å²) >= 11 is 0. The predicted octanol–water partition coefficient (Wildman–Crippen LogP) is 2.85. The fourth-order valence-electron chi connectivity index (χ4n) is 2.16. The Morgan fingerprint density at radius 3 is 2.87 bits per heavy atom. The lowest BCUT2D eigenvalue weighted by Crippen LogP contribution is -2.19. The maximum absolute atomic E-state index is 11.9. The Labute approximate surface area is 90.3 Å². The lowest BCUT2D eigenvalue weighted by molar-refractivity contribution is 0.0947. The van der Waals surface area contributed by atoms with Gasteiger partial charge in [0.1, 0.15) is 5.75 Å². The number of fused-ring (bicyclic) bond motifs is 1. The van der Waals surface area contributed by atoms with E-state index in [1.807, 2.05) is 18.2 Å². The van der Waals surface area contributed by atoms with Gasteiger partial charge in [-0.2, -0.15) is 0 Å². The van der Waals surface area contributed by atoms with Crippen molar-refractivity contribution < 1.29 is 9.53 Å². The Balaban J connectivity index is 2.37. The molecule has 1 aliphatic carbocycles. The second-order valence-electron chi connectivity index (χ2n) is 4.13. The zero-order valence-electron chi connectivity index (χ0n) is 9.25. The second-order valence-corrected chi connectivity index (χ2v) is 4.13. The van der Waals surface area contributed by atoms with Crippen molar-refractivity contribution in [3.63, 3.8) is 0 Å². The molecule has 0 saturated carbocycles. The van der Waals surface area contributed by atoms with Gasteiger partial charge in [0, 0.05) is 12.0 Å². The van der Waals surface area contributed by atoms with Crippen LogP contribution in [-0.2, 0) is 6.42 Å². The molecule has 2 heteroatoms. The van der Waals surface area contributed by atoms with Gasteiger partial charge in [-0.05, 0) is 30.0 Å². The molecule has 15 heavy (non-hydrogen) atoms. The zero-order valence-corrected chi connectivity index (χ0v) is 9.25. The van der Waals surface area contributed by atoms with Gasteiger partial charge in [0.25, 0.3) is 0 Å². The highest BCUT2D eigenvalue weighted by molar-refractivity contribution is 5.99. The molecule has 2 rings (SSSR count). The van der Waals surface area contributed by atoms with E-state index in [2.05, 4.69) is 6.92 Å². The molecule has 0 saturated heterocycles. The number of hydrogen-bond acceptors (Lipinski definition) is 2. The minimum absolute atomic E-state index is 0.266. The van der Waals surface area contributed by atoms with E-state index in [1.54, 1.807) is 7.11 Å². The molecule has 0 N–H and O–H groups in total. The van der Waals surface area contributed by atoms with Crippen LogP contribution in [0.25, 0.3) is 0 Å². The van der Waals surface area contributed by atoms with Crippen molar-refractivity contribution in [2.45, 2.75) is 26.2 Å². The summed E-state index contributed by atoms with van der Waals surface area (Å²) in [6, 6.07) is 5.82. The maximum Gasteiger partial charge on any atom is 0.163 e. The summed E-state index contributed by atoms with van der Waals surface area (Å²) in [6.07, 6.45) is 2.80. The molecule has 0 heterocycles. The number of carbonyl (C=O) groups excluding carboxylic acids is 1. The highest BCUT2D eigenvalue weighted by Gasteiger charge is 2.24. The average Bonchev–Trinajstić information content (AvgIpc) is 2.28. The van der Waals surface area contributed by atoms with Gasteiger partial charge >= 0.3 is 0 Å². The van der Waals surface area contributed by atoms with Crippen molar-refractivity contribution >= 4 is 5.78 Å². The van der Waals surface area contributed by atoms with Crippen LogP contribution in [0.15, 0.2) is 18.2 Å². The molecule has 1 aliphatic rings. The number of ether oxygens (including phenoxy) is 1. The van der Waals surface area contributed by atoms with Gasteiger partial charge in [0.2, 0.25) is 0 Å². The van der Waals surface area contributed by atoms with E-state index < -0.39 is 0 Å². The van der Waals surface area contributed by atoms with E-state index in [1.165, 1.54) is 5.56 Å². The molecule has 80 valence electrons. The monoisotopic (exact) mass is 204 g/mol. The summed E-state index contributed by atoms with van der Waals surface area (Å²) in [5.41, 5.74) is 2.04. The fourth-order valence-corrected chi connectivity index (χ4v) is 2.16. The van der Waals surface area contributed by atoms with Crippen LogP contribution in [0.4, 0.5) is 0 Å². The number of hydrogen-bond donors (Lipinski definition) is 0. The minimum Gasteiger partial charge on any atom is -0.497 e. The van der Waals surface area contributed by atoms with Crippen LogP contribution >= 0.6 is 0 Å². The molecule has 1 aromatic rings. The Morgan fingerprint density at radius 1 is 1.40 bits per heavy atom. The normalized spacial score (nSPS) is 19.9. The molecule has 0 amide bonds. The summed E-state index contributed by atoms with van der Waals surface area (Å²) in [7, 11) is 1.63. The van der Waals surface area contributed by atoms with E-state index in [-0.39, 0.29) is 5.78 Å². The van der Waals surface area contributed by atoms with Crippen LogP contribution in [0.3, 0.4) is 0 Å². The number of ketones is 1. The summed E-state index contributed by atoms with van der Waals surface area (Å²) < 4.78 is 5.13. The Hall–Kier alpha value is -1.31. The molecule has 1 unspecified atom stereocenters. The topological polar surface area (TPSA) is 26.3 Å². The van der Waals surface area contributed by atoms with Gasteiger partial charge in [0.05, 0.1) is 7.11 Å². The lowest BCUT2D eigenvalue weighted by Gasteiger charge is -2.22. The zero-order chi connectivity index (χ0) is 10.8. The van der Waals surface area contributed by atoms with E-state index in [9.17, 15) is 4.79 Å². The van der Waals surface area contributed by atoms with Crippen molar-refractivity contribution in [1.82, 2.24) is 0 Å². The molecule has 0 aliphatic heterocycles. The summed E-state index contributed by atoms with van der Waals surface area (Å²) in [6.45, 7) is 2.15. The van der Waals surface area contributed by atoms with Crippen molar-refractivity contribution in [2.75, 3.05) is 7.11 Å². The smallest absolute Gasteiger partial charge is 0.163 e. The lowest BCUT2D eigenvalue weighted by atomic mass is 9.82. The molecular weight excluding hydrogens is 188 g/mol. The molecule has 0 radical (unpaired) electrons. The van der Waals surface area contributed by atoms with Gasteiger partial charge in [-0.25, -0.2) is 0 Å². The first-order chi connectivity index (χ1) is 7.24. The highest BCUT2D eigenvalue weighted by Crippen LogP contribution is 2.29. The fraction of sp³-hybridized carbons (Fsp3) is 0.462. The van der Waals surface area contributed by atoms with Crippen molar-refractivity contribution in [2.24, 2.45) is 5.92 Å². The first-order valence-corrected chi connectivity index (χ1v) is 5.44. The molecule has 0 spiro atoms. The third-order valence-corrected chi connectivity index (χ3v) is 3.18. The molecule has 0 bridgehead atoms. The van der Waals surface area contributed by atoms with Gasteiger partial charge < -0.3 is 4.74 Å². The SMILES string of the molecule is CCC1CC(=O)c2cc(OC)ccc2C1. The van der Waals surface area contributed by atoms with Crippen LogP contribution in [0.5, 0.6) is 5.75 Å². The number of methoxy groups -OCH3 is 1. The highest BCUT2D eigenvalue weighted by atomic mass is 16.5. The van der Waals surface area contributed by atoms with Gasteiger partial charge in [-0.1, -0.05) is 19.4 Å². The average molecular weight is 204 g/mol. The maximum atomic E-state index is 11.9. The molecule has 0 fully saturated rings. The Bertz CT molecular complexity index is 382. The molecular formula is C13H16O2. The van der Waals surface area contributed by atoms with E-state index in [4.69, 9.17) is 4.74 Å². The van der Waals surface area contributed by atoms with Crippen LogP contribution in [0.1, 0.15) is 35.7 Å². The van der Waals surface area contributed by atoms with Crippen LogP contribution in [0, 0.1) is 5.92 Å². The van der Waals surface area contributed by atoms with E-state index in [0.717, 1.165) is 24.2 Å². The number of carbonyl (C=O) groups is 1. The first-order valence-electron chi connectivity index (χ1n) is 5.44. The molecule has 0 aromatic heterocycles. The molecule has 2 nitrogen and oxygen atoms in total. The minimum atomic E-state index is 0.266. The van der Waals surface area contributed by atoms with Gasteiger partial charge in [-0.3, -0.25) is 4.79 Å².